The Morgan fingerprint density at radius 3 is 2.60 bits per heavy atom. The van der Waals surface area contributed by atoms with Gasteiger partial charge in [-0.1, -0.05) is 0 Å². The summed E-state index contributed by atoms with van der Waals surface area (Å²) in [6.07, 6.45) is 1.81. The Hall–Kier alpha value is -2.56. The fraction of sp³-hybridized carbons (Fsp3) is 0.200. The number of ether oxygens (including phenoxy) is 2. The number of rotatable bonds is 3. The van der Waals surface area contributed by atoms with Crippen molar-refractivity contribution >= 4 is 11.2 Å². The third kappa shape index (κ3) is 2.07. The van der Waals surface area contributed by atoms with Gasteiger partial charge >= 0.3 is 0 Å². The summed E-state index contributed by atoms with van der Waals surface area (Å²) < 4.78 is 10.5. The molecule has 0 atom stereocenters. The van der Waals surface area contributed by atoms with Crippen LogP contribution < -0.4 is 9.47 Å². The number of aromatic amines is 1. The van der Waals surface area contributed by atoms with E-state index < -0.39 is 0 Å². The molecule has 5 heteroatoms. The lowest BCUT2D eigenvalue weighted by Gasteiger charge is -2.08. The highest BCUT2D eigenvalue weighted by atomic mass is 16.5. The summed E-state index contributed by atoms with van der Waals surface area (Å²) in [6, 6.07) is 7.72. The molecule has 2 aromatic heterocycles. The number of aryl methyl sites for hydroxylation is 1. The Morgan fingerprint density at radius 1 is 1.05 bits per heavy atom. The Labute approximate surface area is 116 Å². The van der Waals surface area contributed by atoms with E-state index in [1.807, 2.05) is 37.4 Å². The molecule has 0 saturated carbocycles. The number of hydrogen-bond donors (Lipinski definition) is 1. The number of hydrogen-bond acceptors (Lipinski definition) is 4. The van der Waals surface area contributed by atoms with Gasteiger partial charge in [-0.2, -0.15) is 0 Å². The van der Waals surface area contributed by atoms with Gasteiger partial charge in [-0.3, -0.25) is 0 Å². The number of fused-ring (bicyclic) bond motifs is 1. The molecular formula is C15H15N3O2. The quantitative estimate of drug-likeness (QED) is 0.794. The van der Waals surface area contributed by atoms with Crippen LogP contribution in [0.5, 0.6) is 11.5 Å². The van der Waals surface area contributed by atoms with Crippen LogP contribution in [0.2, 0.25) is 0 Å². The van der Waals surface area contributed by atoms with Crippen molar-refractivity contribution in [3.63, 3.8) is 0 Å². The maximum atomic E-state index is 5.31. The molecular weight excluding hydrogens is 254 g/mol. The third-order valence-corrected chi connectivity index (χ3v) is 3.13. The minimum Gasteiger partial charge on any atom is -0.493 e. The first kappa shape index (κ1) is 12.5. The van der Waals surface area contributed by atoms with Crippen LogP contribution in [-0.2, 0) is 0 Å². The molecule has 0 unspecified atom stereocenters. The second-order valence-corrected chi connectivity index (χ2v) is 4.54. The molecule has 0 spiro atoms. The smallest absolute Gasteiger partial charge is 0.178 e. The first-order valence-corrected chi connectivity index (χ1v) is 6.26. The van der Waals surface area contributed by atoms with Gasteiger partial charge in [0, 0.05) is 11.8 Å². The summed E-state index contributed by atoms with van der Waals surface area (Å²) in [5, 5.41) is 0. The number of nitrogens with one attached hydrogen (secondary N) is 1. The number of nitrogens with zero attached hydrogens (tertiary/aromatic N) is 2. The zero-order chi connectivity index (χ0) is 14.1. The number of H-pyrrole nitrogens is 1. The van der Waals surface area contributed by atoms with Gasteiger partial charge in [-0.15, -0.1) is 0 Å². The predicted molar refractivity (Wildman–Crippen MR) is 77.2 cm³/mol. The summed E-state index contributed by atoms with van der Waals surface area (Å²) in [7, 11) is 3.23. The number of pyridine rings is 1. The number of aromatic nitrogens is 3. The lowest BCUT2D eigenvalue weighted by molar-refractivity contribution is 0.355. The molecule has 1 aromatic carbocycles. The number of imidazole rings is 1. The maximum Gasteiger partial charge on any atom is 0.178 e. The monoisotopic (exact) mass is 269 g/mol. The summed E-state index contributed by atoms with van der Waals surface area (Å²) >= 11 is 0. The SMILES string of the molecule is COc1ccc(-c2nc3ncc(C)cc3[nH]2)cc1OC. The fourth-order valence-electron chi connectivity index (χ4n) is 2.12. The van der Waals surface area contributed by atoms with Crippen LogP contribution in [0.3, 0.4) is 0 Å². The van der Waals surface area contributed by atoms with Crippen LogP contribution in [0.25, 0.3) is 22.6 Å². The average molecular weight is 269 g/mol. The van der Waals surface area contributed by atoms with Gasteiger partial charge in [-0.05, 0) is 36.8 Å². The Kier molecular flexibility index (Phi) is 3.02. The normalized spacial score (nSPS) is 10.8. The highest BCUT2D eigenvalue weighted by Gasteiger charge is 2.10. The van der Waals surface area contributed by atoms with E-state index in [2.05, 4.69) is 15.0 Å². The molecule has 0 fully saturated rings. The lowest BCUT2D eigenvalue weighted by Crippen LogP contribution is -1.91. The molecule has 3 aromatic rings. The van der Waals surface area contributed by atoms with Crippen molar-refractivity contribution in [2.45, 2.75) is 6.92 Å². The van der Waals surface area contributed by atoms with Crippen LogP contribution >= 0.6 is 0 Å². The van der Waals surface area contributed by atoms with Crippen molar-refractivity contribution < 1.29 is 9.47 Å². The zero-order valence-electron chi connectivity index (χ0n) is 11.6. The van der Waals surface area contributed by atoms with Crippen molar-refractivity contribution in [3.8, 4) is 22.9 Å². The second kappa shape index (κ2) is 4.85. The lowest BCUT2D eigenvalue weighted by atomic mass is 10.2. The van der Waals surface area contributed by atoms with Crippen molar-refractivity contribution in [1.82, 2.24) is 15.0 Å². The van der Waals surface area contributed by atoms with E-state index in [4.69, 9.17) is 9.47 Å². The zero-order valence-corrected chi connectivity index (χ0v) is 11.6. The minimum absolute atomic E-state index is 0.676. The molecule has 2 heterocycles. The van der Waals surface area contributed by atoms with E-state index in [-0.39, 0.29) is 0 Å². The van der Waals surface area contributed by atoms with Crippen LogP contribution in [0.15, 0.2) is 30.5 Å². The van der Waals surface area contributed by atoms with Gasteiger partial charge in [-0.25, -0.2) is 9.97 Å². The standard InChI is InChI=1S/C15H15N3O2/c1-9-6-11-15(16-8-9)18-14(17-11)10-4-5-12(19-2)13(7-10)20-3/h4-8H,1-3H3,(H,16,17,18). The first-order valence-electron chi connectivity index (χ1n) is 6.26. The van der Waals surface area contributed by atoms with Gasteiger partial charge < -0.3 is 14.5 Å². The number of benzene rings is 1. The Balaban J connectivity index is 2.10. The largest absolute Gasteiger partial charge is 0.493 e. The van der Waals surface area contributed by atoms with E-state index in [0.717, 1.165) is 22.5 Å². The van der Waals surface area contributed by atoms with E-state index in [1.54, 1.807) is 14.2 Å². The molecule has 0 radical (unpaired) electrons. The van der Waals surface area contributed by atoms with Gasteiger partial charge in [0.1, 0.15) is 5.82 Å². The molecule has 5 nitrogen and oxygen atoms in total. The maximum absolute atomic E-state index is 5.31. The third-order valence-electron chi connectivity index (χ3n) is 3.13. The molecule has 0 aliphatic rings. The summed E-state index contributed by atoms with van der Waals surface area (Å²) in [5.41, 5.74) is 3.66. The number of methoxy groups -OCH3 is 2. The highest BCUT2D eigenvalue weighted by molar-refractivity contribution is 5.76. The van der Waals surface area contributed by atoms with Crippen molar-refractivity contribution in [1.29, 1.82) is 0 Å². The van der Waals surface area contributed by atoms with Crippen LogP contribution in [0, 0.1) is 6.92 Å². The Morgan fingerprint density at radius 2 is 1.85 bits per heavy atom. The van der Waals surface area contributed by atoms with Gasteiger partial charge in [0.15, 0.2) is 17.1 Å². The van der Waals surface area contributed by atoms with Crippen molar-refractivity contribution in [2.75, 3.05) is 14.2 Å². The molecule has 0 aliphatic carbocycles. The van der Waals surface area contributed by atoms with E-state index in [0.29, 0.717) is 17.1 Å². The summed E-state index contributed by atoms with van der Waals surface area (Å²) in [4.78, 5) is 12.1. The van der Waals surface area contributed by atoms with Crippen LogP contribution in [0.1, 0.15) is 5.56 Å². The molecule has 0 amide bonds. The fourth-order valence-corrected chi connectivity index (χ4v) is 2.12. The van der Waals surface area contributed by atoms with E-state index in [9.17, 15) is 0 Å². The van der Waals surface area contributed by atoms with E-state index in [1.165, 1.54) is 0 Å². The molecule has 3 rings (SSSR count). The van der Waals surface area contributed by atoms with Gasteiger partial charge in [0.05, 0.1) is 19.7 Å². The second-order valence-electron chi connectivity index (χ2n) is 4.54. The van der Waals surface area contributed by atoms with Gasteiger partial charge in [0.25, 0.3) is 0 Å². The molecule has 0 bridgehead atoms. The molecule has 0 aliphatic heterocycles. The van der Waals surface area contributed by atoms with Crippen LogP contribution in [-0.4, -0.2) is 29.2 Å². The topological polar surface area (TPSA) is 60.0 Å². The van der Waals surface area contributed by atoms with Crippen molar-refractivity contribution in [3.05, 3.63) is 36.0 Å². The van der Waals surface area contributed by atoms with Crippen molar-refractivity contribution in [2.24, 2.45) is 0 Å². The molecule has 1 N–H and O–H groups in total. The minimum atomic E-state index is 0.676. The average Bonchev–Trinajstić information content (AvgIpc) is 2.89. The molecule has 0 saturated heterocycles. The summed E-state index contributed by atoms with van der Waals surface area (Å²) in [6.45, 7) is 2.00. The predicted octanol–water partition coefficient (Wildman–Crippen LogP) is 2.95. The summed E-state index contributed by atoms with van der Waals surface area (Å²) in [5.74, 6) is 2.13. The highest BCUT2D eigenvalue weighted by Crippen LogP contribution is 2.31. The molecule has 20 heavy (non-hydrogen) atoms. The van der Waals surface area contributed by atoms with E-state index >= 15 is 0 Å². The van der Waals surface area contributed by atoms with Gasteiger partial charge in [0.2, 0.25) is 0 Å². The van der Waals surface area contributed by atoms with Crippen LogP contribution in [0.4, 0.5) is 0 Å². The first-order chi connectivity index (χ1) is 9.71. The molecule has 102 valence electrons. The Bertz CT molecular complexity index is 765.